The summed E-state index contributed by atoms with van der Waals surface area (Å²) in [6.45, 7) is 9.08. The van der Waals surface area contributed by atoms with Gasteiger partial charge in [-0.05, 0) is 98.6 Å². The Kier molecular flexibility index (Phi) is 13.3. The molecule has 10 aromatic rings. The first-order valence-corrected chi connectivity index (χ1v) is 27.3. The molecule has 0 unspecified atom stereocenters. The number of nitrogens with one attached hydrogen (secondary N) is 3. The fraction of sp³-hybridized carbons (Fsp3) is 0.246. The van der Waals surface area contributed by atoms with Crippen molar-refractivity contribution >= 4 is 51.3 Å². The monoisotopic (exact) mass is 1090 g/mol. The topological polar surface area (TPSA) is 218 Å². The quantitative estimate of drug-likeness (QED) is 0.0815. The molecule has 2 aromatic carbocycles. The number of ether oxygens (including phenoxy) is 2. The molecule has 21 heteroatoms. The Morgan fingerprint density at radius 2 is 1.46 bits per heavy atom. The number of pyridine rings is 2. The highest BCUT2D eigenvalue weighted by atomic mass is 16.5. The van der Waals surface area contributed by atoms with Gasteiger partial charge in [0.05, 0.1) is 40.1 Å². The molecule has 2 amide bonds. The normalized spacial score (nSPS) is 13.9. The van der Waals surface area contributed by atoms with Gasteiger partial charge in [0, 0.05) is 118 Å². The summed E-state index contributed by atoms with van der Waals surface area (Å²) in [6.07, 6.45) is 14.2. The Bertz CT molecular complexity index is 4200. The van der Waals surface area contributed by atoms with E-state index in [0.717, 1.165) is 115 Å². The van der Waals surface area contributed by atoms with Gasteiger partial charge in [-0.15, -0.1) is 0 Å². The predicted octanol–water partition coefficient (Wildman–Crippen LogP) is 9.49. The van der Waals surface area contributed by atoms with Gasteiger partial charge in [-0.1, -0.05) is 36.9 Å². The summed E-state index contributed by atoms with van der Waals surface area (Å²) in [6, 6.07) is 25.7. The van der Waals surface area contributed by atoms with Gasteiger partial charge in [0.1, 0.15) is 47.1 Å². The van der Waals surface area contributed by atoms with Crippen molar-refractivity contribution < 1.29 is 19.1 Å². The maximum atomic E-state index is 12.9. The summed E-state index contributed by atoms with van der Waals surface area (Å²) in [7, 11) is 7.87. The molecule has 0 saturated carbocycles. The highest BCUT2D eigenvalue weighted by Crippen LogP contribution is 2.48. The number of likely N-dealkylation sites (N-methyl/N-ethyl adjacent to an activating group) is 1. The average molecular weight is 1090 g/mol. The summed E-state index contributed by atoms with van der Waals surface area (Å²) in [5, 5.41) is 21.4. The number of hydrogen-bond donors (Lipinski definition) is 3. The molecule has 8 aromatic heterocycles. The molecule has 412 valence electrons. The number of carbonyl (C=O) groups is 2. The Hall–Kier alpha value is -10.0. The van der Waals surface area contributed by atoms with Crippen LogP contribution in [0, 0.1) is 6.92 Å². The van der Waals surface area contributed by atoms with E-state index in [1.807, 2.05) is 118 Å². The summed E-state index contributed by atoms with van der Waals surface area (Å²) in [5.41, 5.74) is 12.7. The van der Waals surface area contributed by atoms with E-state index in [-0.39, 0.29) is 17.9 Å². The minimum absolute atomic E-state index is 0.0529. The summed E-state index contributed by atoms with van der Waals surface area (Å²) >= 11 is 0. The van der Waals surface area contributed by atoms with Gasteiger partial charge in [0.15, 0.2) is 5.82 Å². The van der Waals surface area contributed by atoms with Crippen molar-refractivity contribution in [2.24, 2.45) is 14.1 Å². The van der Waals surface area contributed by atoms with Crippen LogP contribution in [-0.2, 0) is 49.7 Å². The van der Waals surface area contributed by atoms with E-state index in [1.165, 1.54) is 6.08 Å². The summed E-state index contributed by atoms with van der Waals surface area (Å²) in [5.74, 6) is 3.74. The molecule has 13 rings (SSSR count). The van der Waals surface area contributed by atoms with Crippen molar-refractivity contribution in [3.8, 4) is 68.2 Å². The minimum Gasteiger partial charge on any atom is -0.439 e. The molecule has 3 aliphatic heterocycles. The lowest BCUT2D eigenvalue weighted by Crippen LogP contribution is -2.38. The fourth-order valence-electron chi connectivity index (χ4n) is 11.5. The number of nitrogens with zero attached hydrogens (tertiary/aromatic N) is 14. The molecule has 21 nitrogen and oxygen atoms in total. The summed E-state index contributed by atoms with van der Waals surface area (Å²) in [4.78, 5) is 58.2. The Morgan fingerprint density at radius 3 is 2.15 bits per heavy atom. The molecular weight excluding hydrogens is 1030 g/mol. The molecule has 1 saturated heterocycles. The molecule has 1 fully saturated rings. The number of likely N-dealkylation sites (tertiary alicyclic amines) is 1. The first kappa shape index (κ1) is 51.4. The fourth-order valence-corrected chi connectivity index (χ4v) is 11.5. The first-order chi connectivity index (χ1) is 39.9. The van der Waals surface area contributed by atoms with Crippen LogP contribution in [0.5, 0.6) is 23.3 Å². The standard InChI is InChI=1S/C61H59N17O4/c1-7-48(79)71-47-29-46(75(6)72-47)57-53-45-19-17-42(81-49-13-8-11-36(2)69-49)28-38(45)31-63-59-55(53)61(67-35-65-59)77(57)26-20-40-12-9-14-50(70-40)82-43-16-18-44-37(27-43)30-62-58-54-52(44)56(74(5)60(54)66-34-64-58)39-32-68-78(33-39)41-21-24-76(25-22-41)51(80)15-10-23-73(3)4/h7-19,27-29,32-35,41H,1,20-26,30-31H2,2-6H3,(H,62,64,66)(H,63,65,67)(H,71,72,79)/b15-10+. The number of benzene rings is 2. The second-order valence-corrected chi connectivity index (χ2v) is 21.0. The highest BCUT2D eigenvalue weighted by Gasteiger charge is 2.32. The Labute approximate surface area is 472 Å². The van der Waals surface area contributed by atoms with Crippen LogP contribution in [0.2, 0.25) is 0 Å². The van der Waals surface area contributed by atoms with Crippen LogP contribution in [0.3, 0.4) is 0 Å². The second-order valence-electron chi connectivity index (χ2n) is 21.0. The van der Waals surface area contributed by atoms with Crippen molar-refractivity contribution in [1.29, 1.82) is 0 Å². The molecule has 0 bridgehead atoms. The number of aromatic nitrogens is 12. The number of rotatable bonds is 15. The molecule has 3 aliphatic rings. The number of carbonyl (C=O) groups excluding carboxylic acids is 2. The number of hydrogen-bond acceptors (Lipinski definition) is 15. The number of amides is 2. The third kappa shape index (κ3) is 9.63. The van der Waals surface area contributed by atoms with Crippen LogP contribution in [0.15, 0.2) is 129 Å². The first-order valence-electron chi connectivity index (χ1n) is 27.3. The van der Waals surface area contributed by atoms with Gasteiger partial charge >= 0.3 is 0 Å². The lowest BCUT2D eigenvalue weighted by atomic mass is 9.96. The van der Waals surface area contributed by atoms with Gasteiger partial charge in [-0.3, -0.25) is 19.0 Å². The van der Waals surface area contributed by atoms with Crippen molar-refractivity contribution in [1.82, 2.24) is 68.4 Å². The van der Waals surface area contributed by atoms with Crippen LogP contribution >= 0.6 is 0 Å². The third-order valence-electron chi connectivity index (χ3n) is 15.4. The Balaban J connectivity index is 0.789. The van der Waals surface area contributed by atoms with E-state index in [4.69, 9.17) is 44.6 Å². The zero-order chi connectivity index (χ0) is 56.2. The van der Waals surface area contributed by atoms with Crippen LogP contribution in [-0.4, -0.2) is 114 Å². The van der Waals surface area contributed by atoms with Crippen molar-refractivity contribution in [2.75, 3.05) is 49.7 Å². The van der Waals surface area contributed by atoms with Crippen molar-refractivity contribution in [3.63, 3.8) is 0 Å². The van der Waals surface area contributed by atoms with Crippen LogP contribution in [0.25, 0.3) is 67.0 Å². The largest absolute Gasteiger partial charge is 0.439 e. The van der Waals surface area contributed by atoms with Gasteiger partial charge in [0.2, 0.25) is 23.6 Å². The van der Waals surface area contributed by atoms with Crippen molar-refractivity contribution in [3.05, 3.63) is 151 Å². The van der Waals surface area contributed by atoms with E-state index in [0.29, 0.717) is 74.0 Å². The minimum atomic E-state index is -0.367. The molecule has 11 heterocycles. The van der Waals surface area contributed by atoms with E-state index in [1.54, 1.807) is 23.4 Å². The molecular formula is C61H59N17O4. The van der Waals surface area contributed by atoms with Crippen molar-refractivity contribution in [2.45, 2.75) is 51.9 Å². The molecule has 3 N–H and O–H groups in total. The van der Waals surface area contributed by atoms with E-state index in [2.05, 4.69) is 65.7 Å². The molecule has 82 heavy (non-hydrogen) atoms. The molecule has 0 atom stereocenters. The third-order valence-corrected chi connectivity index (χ3v) is 15.4. The van der Waals surface area contributed by atoms with Crippen LogP contribution in [0.1, 0.15) is 41.4 Å². The van der Waals surface area contributed by atoms with Gasteiger partial charge in [-0.2, -0.15) is 10.2 Å². The Morgan fingerprint density at radius 1 is 0.805 bits per heavy atom. The van der Waals surface area contributed by atoms with E-state index >= 15 is 0 Å². The molecule has 0 spiro atoms. The average Bonchev–Trinajstić information content (AvgIpc) is 4.26. The van der Waals surface area contributed by atoms with E-state index < -0.39 is 0 Å². The smallest absolute Gasteiger partial charge is 0.248 e. The van der Waals surface area contributed by atoms with Gasteiger partial charge in [0.25, 0.3) is 0 Å². The van der Waals surface area contributed by atoms with Gasteiger partial charge in [-0.25, -0.2) is 29.9 Å². The molecule has 0 aliphatic carbocycles. The number of anilines is 3. The van der Waals surface area contributed by atoms with Crippen LogP contribution in [0.4, 0.5) is 17.5 Å². The molecule has 0 radical (unpaired) electrons. The lowest BCUT2D eigenvalue weighted by Gasteiger charge is -2.31. The SMILES string of the molecule is C=CC(=O)Nc1cc(-c2c3c4c(ncnc4n2CCc2cccc(Oc4ccc5c(c4)CNc4ncnc6c4c-5c(-c4cnn(C5CCN(C(=O)/C=C/CN(C)C)CC5)c4)n6C)n2)NCc2cc(Oc4cccc(C)n4)ccc2-3)n(C)n1. The second kappa shape index (κ2) is 21.2. The number of aryl methyl sites for hydroxylation is 5. The summed E-state index contributed by atoms with van der Waals surface area (Å²) < 4.78 is 21.0. The maximum absolute atomic E-state index is 12.9. The zero-order valence-electron chi connectivity index (χ0n) is 46.1. The highest BCUT2D eigenvalue weighted by molar-refractivity contribution is 6.11. The number of fused-ring (bicyclic) bond motifs is 4. The van der Waals surface area contributed by atoms with Crippen LogP contribution < -0.4 is 25.4 Å². The zero-order valence-corrected chi connectivity index (χ0v) is 46.1. The van der Waals surface area contributed by atoms with Gasteiger partial charge < -0.3 is 44.4 Å². The number of piperidine rings is 1. The maximum Gasteiger partial charge on any atom is 0.248 e. The van der Waals surface area contributed by atoms with E-state index in [9.17, 15) is 9.59 Å². The predicted molar refractivity (Wildman–Crippen MR) is 313 cm³/mol. The lowest BCUT2D eigenvalue weighted by molar-refractivity contribution is -0.127.